The molecule has 2 fully saturated rings. The number of hydrogen-bond acceptors (Lipinski definition) is 2. The van der Waals surface area contributed by atoms with Crippen molar-refractivity contribution >= 4 is 0 Å². The number of rotatable bonds is 2. The Morgan fingerprint density at radius 1 is 1.00 bits per heavy atom. The third-order valence-corrected chi connectivity index (χ3v) is 3.68. The van der Waals surface area contributed by atoms with Gasteiger partial charge in [0, 0.05) is 12.1 Å². The Balaban J connectivity index is 1.90. The van der Waals surface area contributed by atoms with Crippen LogP contribution in [0.5, 0.6) is 0 Å². The number of likely N-dealkylation sites (tertiary alicyclic amines) is 1. The summed E-state index contributed by atoms with van der Waals surface area (Å²) in [4.78, 5) is 2.57. The van der Waals surface area contributed by atoms with E-state index in [0.717, 1.165) is 6.04 Å². The Bertz CT molecular complexity index is 154. The van der Waals surface area contributed by atoms with E-state index >= 15 is 0 Å². The zero-order valence-corrected chi connectivity index (χ0v) is 8.41. The van der Waals surface area contributed by atoms with Crippen molar-refractivity contribution in [3.05, 3.63) is 0 Å². The summed E-state index contributed by atoms with van der Waals surface area (Å²) in [5.74, 6) is 0. The van der Waals surface area contributed by atoms with Crippen molar-refractivity contribution in [1.82, 2.24) is 4.90 Å². The molecule has 2 aliphatic rings. The highest BCUT2D eigenvalue weighted by atomic mass is 16.3. The van der Waals surface area contributed by atoms with Gasteiger partial charge in [-0.25, -0.2) is 0 Å². The van der Waals surface area contributed by atoms with E-state index in [4.69, 9.17) is 0 Å². The molecule has 0 aromatic rings. The third-order valence-electron chi connectivity index (χ3n) is 3.68. The van der Waals surface area contributed by atoms with E-state index in [-0.39, 0.29) is 0 Å². The number of nitrogens with zero attached hydrogens (tertiary/aromatic N) is 1. The van der Waals surface area contributed by atoms with Crippen LogP contribution in [0.2, 0.25) is 0 Å². The van der Waals surface area contributed by atoms with Crippen LogP contribution >= 0.6 is 0 Å². The molecule has 0 bridgehead atoms. The van der Waals surface area contributed by atoms with Crippen molar-refractivity contribution < 1.29 is 5.11 Å². The van der Waals surface area contributed by atoms with Gasteiger partial charge < -0.3 is 5.11 Å². The Morgan fingerprint density at radius 3 is 2.46 bits per heavy atom. The molecule has 0 amide bonds. The first-order valence-electron chi connectivity index (χ1n) is 5.78. The van der Waals surface area contributed by atoms with Crippen molar-refractivity contribution in [2.24, 2.45) is 0 Å². The molecule has 1 saturated heterocycles. The fraction of sp³-hybridized carbons (Fsp3) is 1.00. The van der Waals surface area contributed by atoms with Crippen LogP contribution in [0.4, 0.5) is 0 Å². The number of hydrogen-bond donors (Lipinski definition) is 1. The summed E-state index contributed by atoms with van der Waals surface area (Å²) in [6.45, 7) is 1.60. The SMILES string of the molecule is OC[C@H]1CCCN1C1CCCCC1. The van der Waals surface area contributed by atoms with Gasteiger partial charge in [-0.2, -0.15) is 0 Å². The first kappa shape index (κ1) is 9.47. The zero-order chi connectivity index (χ0) is 9.10. The van der Waals surface area contributed by atoms with Crippen LogP contribution in [0.25, 0.3) is 0 Å². The molecule has 1 atom stereocenters. The van der Waals surface area contributed by atoms with Crippen LogP contribution in [0.3, 0.4) is 0 Å². The van der Waals surface area contributed by atoms with E-state index in [2.05, 4.69) is 4.90 Å². The summed E-state index contributed by atoms with van der Waals surface area (Å²) in [5, 5.41) is 9.23. The lowest BCUT2D eigenvalue weighted by atomic mass is 9.94. The highest BCUT2D eigenvalue weighted by molar-refractivity contribution is 4.85. The van der Waals surface area contributed by atoms with Gasteiger partial charge in [-0.3, -0.25) is 4.90 Å². The van der Waals surface area contributed by atoms with Crippen LogP contribution < -0.4 is 0 Å². The topological polar surface area (TPSA) is 23.5 Å². The molecule has 0 aromatic carbocycles. The largest absolute Gasteiger partial charge is 0.395 e. The summed E-state index contributed by atoms with van der Waals surface area (Å²) in [6.07, 6.45) is 9.48. The average molecular weight is 183 g/mol. The van der Waals surface area contributed by atoms with Gasteiger partial charge >= 0.3 is 0 Å². The second-order valence-electron chi connectivity index (χ2n) is 4.51. The van der Waals surface area contributed by atoms with Gasteiger partial charge in [0.1, 0.15) is 0 Å². The summed E-state index contributed by atoms with van der Waals surface area (Å²) in [5.41, 5.74) is 0. The van der Waals surface area contributed by atoms with E-state index in [1.807, 2.05) is 0 Å². The third kappa shape index (κ3) is 2.05. The fourth-order valence-corrected chi connectivity index (χ4v) is 2.95. The molecule has 0 radical (unpaired) electrons. The van der Waals surface area contributed by atoms with E-state index in [9.17, 15) is 5.11 Å². The lowest BCUT2D eigenvalue weighted by molar-refractivity contribution is 0.0980. The van der Waals surface area contributed by atoms with Crippen molar-refractivity contribution in [2.75, 3.05) is 13.2 Å². The zero-order valence-electron chi connectivity index (χ0n) is 8.41. The van der Waals surface area contributed by atoms with E-state index in [0.29, 0.717) is 12.6 Å². The standard InChI is InChI=1S/C11H21NO/c13-9-11-7-4-8-12(11)10-5-2-1-3-6-10/h10-11,13H,1-9H2/t11-/m1/s1. The Hall–Kier alpha value is -0.0800. The molecule has 0 aromatic heterocycles. The van der Waals surface area contributed by atoms with E-state index in [1.165, 1.54) is 51.5 Å². The molecule has 13 heavy (non-hydrogen) atoms. The molecule has 1 saturated carbocycles. The number of aliphatic hydroxyl groups excluding tert-OH is 1. The van der Waals surface area contributed by atoms with Crippen molar-refractivity contribution in [3.63, 3.8) is 0 Å². The summed E-state index contributed by atoms with van der Waals surface area (Å²) in [6, 6.07) is 1.29. The summed E-state index contributed by atoms with van der Waals surface area (Å²) in [7, 11) is 0. The molecule has 1 aliphatic heterocycles. The maximum absolute atomic E-state index is 9.23. The van der Waals surface area contributed by atoms with Crippen molar-refractivity contribution in [2.45, 2.75) is 57.0 Å². The minimum Gasteiger partial charge on any atom is -0.395 e. The van der Waals surface area contributed by atoms with Gasteiger partial charge in [0.15, 0.2) is 0 Å². The quantitative estimate of drug-likeness (QED) is 0.705. The molecule has 1 N–H and O–H groups in total. The Kier molecular flexibility index (Phi) is 3.23. The first-order valence-corrected chi connectivity index (χ1v) is 5.78. The highest BCUT2D eigenvalue weighted by Crippen LogP contribution is 2.28. The van der Waals surface area contributed by atoms with Gasteiger partial charge in [0.25, 0.3) is 0 Å². The Labute approximate surface area is 80.9 Å². The minimum atomic E-state index is 0.372. The van der Waals surface area contributed by atoms with E-state index in [1.54, 1.807) is 0 Å². The molecule has 1 heterocycles. The molecule has 2 rings (SSSR count). The highest BCUT2D eigenvalue weighted by Gasteiger charge is 2.30. The average Bonchev–Trinajstić information content (AvgIpc) is 2.67. The van der Waals surface area contributed by atoms with E-state index < -0.39 is 0 Å². The van der Waals surface area contributed by atoms with Crippen LogP contribution in [0.1, 0.15) is 44.9 Å². The normalized spacial score (nSPS) is 32.5. The van der Waals surface area contributed by atoms with Crippen LogP contribution in [-0.4, -0.2) is 35.2 Å². The second-order valence-corrected chi connectivity index (χ2v) is 4.51. The molecule has 1 aliphatic carbocycles. The van der Waals surface area contributed by atoms with Gasteiger partial charge in [0.05, 0.1) is 6.61 Å². The smallest absolute Gasteiger partial charge is 0.0586 e. The molecule has 76 valence electrons. The summed E-state index contributed by atoms with van der Waals surface area (Å²) < 4.78 is 0. The fourth-order valence-electron chi connectivity index (χ4n) is 2.95. The van der Waals surface area contributed by atoms with Gasteiger partial charge in [-0.05, 0) is 32.2 Å². The minimum absolute atomic E-state index is 0.372. The Morgan fingerprint density at radius 2 is 1.77 bits per heavy atom. The maximum Gasteiger partial charge on any atom is 0.0586 e. The maximum atomic E-state index is 9.23. The van der Waals surface area contributed by atoms with Gasteiger partial charge in [0.2, 0.25) is 0 Å². The number of aliphatic hydroxyl groups is 1. The predicted octanol–water partition coefficient (Wildman–Crippen LogP) is 1.78. The lowest BCUT2D eigenvalue weighted by Crippen LogP contribution is -2.41. The molecule has 2 nitrogen and oxygen atoms in total. The monoisotopic (exact) mass is 183 g/mol. The van der Waals surface area contributed by atoms with Crippen LogP contribution in [-0.2, 0) is 0 Å². The van der Waals surface area contributed by atoms with Crippen molar-refractivity contribution in [1.29, 1.82) is 0 Å². The summed E-state index contributed by atoms with van der Waals surface area (Å²) >= 11 is 0. The van der Waals surface area contributed by atoms with Gasteiger partial charge in [-0.15, -0.1) is 0 Å². The van der Waals surface area contributed by atoms with Gasteiger partial charge in [-0.1, -0.05) is 19.3 Å². The predicted molar refractivity (Wildman–Crippen MR) is 53.7 cm³/mol. The second kappa shape index (κ2) is 4.43. The van der Waals surface area contributed by atoms with Crippen LogP contribution in [0, 0.1) is 0 Å². The molecule has 0 unspecified atom stereocenters. The molecular weight excluding hydrogens is 162 g/mol. The molecule has 0 spiro atoms. The molecule has 2 heteroatoms. The van der Waals surface area contributed by atoms with Crippen molar-refractivity contribution in [3.8, 4) is 0 Å². The van der Waals surface area contributed by atoms with Crippen LogP contribution in [0.15, 0.2) is 0 Å². The molecular formula is C11H21NO. The first-order chi connectivity index (χ1) is 6.42. The lowest BCUT2D eigenvalue weighted by Gasteiger charge is -2.34.